The minimum absolute atomic E-state index is 0.558. The molecule has 84 valence electrons. The van der Waals surface area contributed by atoms with Gasteiger partial charge in [0.2, 0.25) is 0 Å². The maximum Gasteiger partial charge on any atom is 0.145 e. The minimum atomic E-state index is 0.558. The van der Waals surface area contributed by atoms with E-state index in [1.54, 1.807) is 46.2 Å². The van der Waals surface area contributed by atoms with Gasteiger partial charge in [0, 0.05) is 24.3 Å². The predicted octanol–water partition coefficient (Wildman–Crippen LogP) is 4.55. The molecule has 1 heterocycles. The highest BCUT2D eigenvalue weighted by atomic mass is 32.2. The third-order valence-electron chi connectivity index (χ3n) is 1.41. The summed E-state index contributed by atoms with van der Waals surface area (Å²) in [5.74, 6) is 1.62. The van der Waals surface area contributed by atoms with E-state index in [1.165, 1.54) is 8.42 Å². The second kappa shape index (κ2) is 8.10. The molecule has 1 rings (SSSR count). The summed E-state index contributed by atoms with van der Waals surface area (Å²) in [6.07, 6.45) is 1.12. The van der Waals surface area contributed by atoms with Crippen LogP contribution >= 0.6 is 58.4 Å². The lowest BCUT2D eigenvalue weighted by molar-refractivity contribution is 1.23. The molecule has 0 unspecified atom stereocenters. The molecule has 16 heavy (non-hydrogen) atoms. The number of hydrogen-bond donors (Lipinski definition) is 0. The lowest BCUT2D eigenvalue weighted by Gasteiger charge is -1.98. The molecule has 0 N–H and O–H groups in total. The maximum absolute atomic E-state index is 8.47. The number of rotatable bonds is 6. The lowest BCUT2D eigenvalue weighted by Crippen LogP contribution is -1.77. The van der Waals surface area contributed by atoms with Gasteiger partial charge in [0.25, 0.3) is 0 Å². The van der Waals surface area contributed by atoms with Gasteiger partial charge in [-0.2, -0.15) is 10.5 Å². The van der Waals surface area contributed by atoms with Crippen molar-refractivity contribution in [3.8, 4) is 12.1 Å². The molecule has 7 heteroatoms. The van der Waals surface area contributed by atoms with Crippen molar-refractivity contribution in [1.29, 1.82) is 10.5 Å². The van der Waals surface area contributed by atoms with Gasteiger partial charge in [-0.1, -0.05) is 12.2 Å². The van der Waals surface area contributed by atoms with Crippen LogP contribution in [0.1, 0.15) is 12.8 Å². The SMILES string of the molecule is N#CCCSc1sc(=S)sc1SCCC#N. The smallest absolute Gasteiger partial charge is 0.145 e. The van der Waals surface area contributed by atoms with E-state index >= 15 is 0 Å². The Morgan fingerprint density at radius 2 is 1.44 bits per heavy atom. The molecule has 0 spiro atoms. The Morgan fingerprint density at radius 3 is 1.81 bits per heavy atom. The highest BCUT2D eigenvalue weighted by Crippen LogP contribution is 2.40. The largest absolute Gasteiger partial charge is 0.198 e. The molecule has 0 saturated heterocycles. The summed E-state index contributed by atoms with van der Waals surface area (Å²) >= 11 is 11.7. The molecule has 0 fully saturated rings. The normalized spacial score (nSPS) is 9.62. The van der Waals surface area contributed by atoms with Gasteiger partial charge in [0.1, 0.15) is 3.14 Å². The molecule has 1 aromatic rings. The van der Waals surface area contributed by atoms with Crippen LogP contribution in [-0.4, -0.2) is 11.5 Å². The Hall–Kier alpha value is -0.0500. The number of hydrogen-bond acceptors (Lipinski definition) is 7. The van der Waals surface area contributed by atoms with Crippen LogP contribution < -0.4 is 0 Å². The summed E-state index contributed by atoms with van der Waals surface area (Å²) in [6.45, 7) is 0. The van der Waals surface area contributed by atoms with E-state index in [1.807, 2.05) is 0 Å². The third kappa shape index (κ3) is 4.86. The van der Waals surface area contributed by atoms with Crippen LogP contribution in [0.25, 0.3) is 0 Å². The zero-order chi connectivity index (χ0) is 11.8. The lowest BCUT2D eigenvalue weighted by atomic mass is 10.6. The fourth-order valence-electron chi connectivity index (χ4n) is 0.811. The van der Waals surface area contributed by atoms with E-state index in [0.717, 1.165) is 14.6 Å². The van der Waals surface area contributed by atoms with Crippen molar-refractivity contribution in [2.75, 3.05) is 11.5 Å². The summed E-state index contributed by atoms with van der Waals surface area (Å²) in [6, 6.07) is 4.26. The Kier molecular flexibility index (Phi) is 7.10. The van der Waals surface area contributed by atoms with E-state index in [2.05, 4.69) is 12.1 Å². The first-order valence-electron chi connectivity index (χ1n) is 4.41. The fourth-order valence-corrected chi connectivity index (χ4v) is 6.75. The van der Waals surface area contributed by atoms with Crippen LogP contribution in [0.4, 0.5) is 0 Å². The summed E-state index contributed by atoms with van der Waals surface area (Å²) in [7, 11) is 0. The monoisotopic (exact) mass is 304 g/mol. The molecule has 2 nitrogen and oxygen atoms in total. The molecule has 0 atom stereocenters. The molecule has 0 amide bonds. The zero-order valence-electron chi connectivity index (χ0n) is 8.26. The Labute approximate surface area is 116 Å². The van der Waals surface area contributed by atoms with Crippen molar-refractivity contribution in [3.05, 3.63) is 3.14 Å². The summed E-state index contributed by atoms with van der Waals surface area (Å²) in [5, 5.41) is 16.9. The number of nitriles is 2. The molecule has 0 aliphatic carbocycles. The van der Waals surface area contributed by atoms with Crippen LogP contribution in [0.3, 0.4) is 0 Å². The van der Waals surface area contributed by atoms with E-state index in [-0.39, 0.29) is 0 Å². The first-order chi connectivity index (χ1) is 7.77. The molecule has 0 aliphatic rings. The molecule has 0 radical (unpaired) electrons. The second-order valence-electron chi connectivity index (χ2n) is 2.54. The highest BCUT2D eigenvalue weighted by molar-refractivity contribution is 8.05. The maximum atomic E-state index is 8.47. The average Bonchev–Trinajstić information content (AvgIpc) is 2.60. The van der Waals surface area contributed by atoms with Crippen molar-refractivity contribution < 1.29 is 0 Å². The summed E-state index contributed by atoms with van der Waals surface area (Å²) < 4.78 is 3.32. The summed E-state index contributed by atoms with van der Waals surface area (Å²) in [4.78, 5) is 0. The predicted molar refractivity (Wildman–Crippen MR) is 74.9 cm³/mol. The van der Waals surface area contributed by atoms with E-state index in [4.69, 9.17) is 22.7 Å². The van der Waals surface area contributed by atoms with Gasteiger partial charge in [-0.25, -0.2) is 0 Å². The van der Waals surface area contributed by atoms with Crippen LogP contribution in [0, 0.1) is 25.8 Å². The zero-order valence-corrected chi connectivity index (χ0v) is 12.3. The standard InChI is InChI=1S/C9H8N2S5/c10-3-1-5-13-7-8(14-6-2-4-11)16-9(12)15-7/h1-2,5-6H2. The van der Waals surface area contributed by atoms with Gasteiger partial charge in [-0.15, -0.1) is 46.2 Å². The van der Waals surface area contributed by atoms with Crippen molar-refractivity contribution in [3.63, 3.8) is 0 Å². The number of thioether (sulfide) groups is 2. The van der Waals surface area contributed by atoms with E-state index in [9.17, 15) is 0 Å². The Balaban J connectivity index is 2.58. The van der Waals surface area contributed by atoms with Crippen LogP contribution in [0.5, 0.6) is 0 Å². The first-order valence-corrected chi connectivity index (χ1v) is 8.42. The van der Waals surface area contributed by atoms with Crippen LogP contribution in [0.15, 0.2) is 8.42 Å². The van der Waals surface area contributed by atoms with Gasteiger partial charge >= 0.3 is 0 Å². The van der Waals surface area contributed by atoms with Crippen LogP contribution in [-0.2, 0) is 0 Å². The molecule has 0 saturated carbocycles. The van der Waals surface area contributed by atoms with E-state index in [0.29, 0.717) is 12.8 Å². The number of nitrogens with zero attached hydrogens (tertiary/aromatic N) is 2. The average molecular weight is 305 g/mol. The topological polar surface area (TPSA) is 47.6 Å². The highest BCUT2D eigenvalue weighted by Gasteiger charge is 2.08. The second-order valence-corrected chi connectivity index (χ2v) is 8.49. The van der Waals surface area contributed by atoms with Gasteiger partial charge in [0.05, 0.1) is 20.6 Å². The molecule has 0 bridgehead atoms. The summed E-state index contributed by atoms with van der Waals surface area (Å²) in [5.41, 5.74) is 0. The minimum Gasteiger partial charge on any atom is -0.198 e. The molecule has 0 aromatic carbocycles. The van der Waals surface area contributed by atoms with E-state index < -0.39 is 0 Å². The third-order valence-corrected chi connectivity index (χ3v) is 7.00. The Morgan fingerprint density at radius 1 is 1.00 bits per heavy atom. The van der Waals surface area contributed by atoms with Crippen molar-refractivity contribution >= 4 is 58.4 Å². The van der Waals surface area contributed by atoms with Gasteiger partial charge in [0.15, 0.2) is 0 Å². The fraction of sp³-hybridized carbons (Fsp3) is 0.444. The molecular weight excluding hydrogens is 296 g/mol. The quantitative estimate of drug-likeness (QED) is 0.438. The molecule has 0 aliphatic heterocycles. The molecular formula is C9H8N2S5. The van der Waals surface area contributed by atoms with Gasteiger partial charge in [-0.05, 0) is 0 Å². The van der Waals surface area contributed by atoms with Crippen molar-refractivity contribution in [1.82, 2.24) is 0 Å². The van der Waals surface area contributed by atoms with Crippen molar-refractivity contribution in [2.45, 2.75) is 21.3 Å². The van der Waals surface area contributed by atoms with Crippen LogP contribution in [0.2, 0.25) is 0 Å². The first kappa shape index (κ1) is 14.0. The van der Waals surface area contributed by atoms with Gasteiger partial charge < -0.3 is 0 Å². The molecule has 1 aromatic heterocycles. The Bertz CT molecular complexity index is 421. The van der Waals surface area contributed by atoms with Crippen molar-refractivity contribution in [2.24, 2.45) is 0 Å². The van der Waals surface area contributed by atoms with Gasteiger partial charge in [-0.3, -0.25) is 0 Å².